The van der Waals surface area contributed by atoms with E-state index in [1.54, 1.807) is 24.3 Å². The smallest absolute Gasteiger partial charge is 0.278 e. The topological polar surface area (TPSA) is 115 Å². The standard InChI is InChI=1S/C25H26N4O3/c1-2-3-4-5-8-15-32-19-13-11-18(12-14-19)21-16-23(28-25(27)22(21)17-26)20-9-6-7-10-24(20)29(30)31/h6-7,9-14,16H,2-5,8,15H2,1H3,(H2,27,28). The van der Waals surface area contributed by atoms with Gasteiger partial charge in [-0.05, 0) is 36.2 Å². The molecule has 3 aromatic rings. The highest BCUT2D eigenvalue weighted by Crippen LogP contribution is 2.35. The van der Waals surface area contributed by atoms with E-state index in [2.05, 4.69) is 18.0 Å². The quantitative estimate of drug-likeness (QED) is 0.235. The number of ether oxygens (including phenoxy) is 1. The number of nitro groups is 1. The van der Waals surface area contributed by atoms with Crippen LogP contribution in [0, 0.1) is 21.4 Å². The van der Waals surface area contributed by atoms with Gasteiger partial charge in [-0.25, -0.2) is 4.98 Å². The highest BCUT2D eigenvalue weighted by Gasteiger charge is 2.19. The van der Waals surface area contributed by atoms with Crippen molar-refractivity contribution >= 4 is 11.5 Å². The number of nitrogens with zero attached hydrogens (tertiary/aromatic N) is 3. The minimum atomic E-state index is -0.459. The molecule has 0 atom stereocenters. The number of hydrogen-bond acceptors (Lipinski definition) is 6. The summed E-state index contributed by atoms with van der Waals surface area (Å²) in [5.41, 5.74) is 8.23. The molecule has 0 saturated carbocycles. The number of nitrogens with two attached hydrogens (primary N) is 1. The van der Waals surface area contributed by atoms with E-state index in [0.29, 0.717) is 23.4 Å². The maximum atomic E-state index is 11.4. The third-order valence-corrected chi connectivity index (χ3v) is 5.22. The molecule has 1 heterocycles. The summed E-state index contributed by atoms with van der Waals surface area (Å²) in [4.78, 5) is 15.2. The van der Waals surface area contributed by atoms with E-state index in [1.165, 1.54) is 25.3 Å². The van der Waals surface area contributed by atoms with Gasteiger partial charge in [0.1, 0.15) is 23.2 Å². The third-order valence-electron chi connectivity index (χ3n) is 5.22. The van der Waals surface area contributed by atoms with Crippen LogP contribution >= 0.6 is 0 Å². The summed E-state index contributed by atoms with van der Waals surface area (Å²) in [5, 5.41) is 21.1. The SMILES string of the molecule is CCCCCCCOc1ccc(-c2cc(-c3ccccc3[N+](=O)[O-])nc(N)c2C#N)cc1. The zero-order chi connectivity index (χ0) is 22.9. The molecule has 0 aliphatic heterocycles. The molecular formula is C25H26N4O3. The molecule has 0 fully saturated rings. The summed E-state index contributed by atoms with van der Waals surface area (Å²) in [6.07, 6.45) is 5.86. The molecule has 0 radical (unpaired) electrons. The lowest BCUT2D eigenvalue weighted by Gasteiger charge is -2.11. The van der Waals surface area contributed by atoms with Crippen LogP contribution in [0.3, 0.4) is 0 Å². The van der Waals surface area contributed by atoms with Crippen molar-refractivity contribution in [1.29, 1.82) is 5.26 Å². The molecule has 0 amide bonds. The Morgan fingerprint density at radius 1 is 1.06 bits per heavy atom. The van der Waals surface area contributed by atoms with Crippen LogP contribution in [0.1, 0.15) is 44.6 Å². The molecule has 2 aromatic carbocycles. The van der Waals surface area contributed by atoms with Gasteiger partial charge >= 0.3 is 0 Å². The second-order valence-electron chi connectivity index (χ2n) is 7.49. The van der Waals surface area contributed by atoms with Crippen LogP contribution in [-0.4, -0.2) is 16.5 Å². The van der Waals surface area contributed by atoms with Crippen molar-refractivity contribution in [2.75, 3.05) is 12.3 Å². The summed E-state index contributed by atoms with van der Waals surface area (Å²) in [6.45, 7) is 2.85. The molecule has 0 unspecified atom stereocenters. The van der Waals surface area contributed by atoms with E-state index < -0.39 is 4.92 Å². The predicted octanol–water partition coefficient (Wildman–Crippen LogP) is 6.13. The molecule has 32 heavy (non-hydrogen) atoms. The van der Waals surface area contributed by atoms with Crippen molar-refractivity contribution in [3.05, 3.63) is 70.3 Å². The first-order valence-electron chi connectivity index (χ1n) is 10.7. The minimum absolute atomic E-state index is 0.0329. The lowest BCUT2D eigenvalue weighted by Crippen LogP contribution is -2.01. The monoisotopic (exact) mass is 430 g/mol. The van der Waals surface area contributed by atoms with E-state index >= 15 is 0 Å². The molecule has 0 aliphatic rings. The second kappa shape index (κ2) is 10.9. The van der Waals surface area contributed by atoms with E-state index in [9.17, 15) is 15.4 Å². The van der Waals surface area contributed by atoms with Gasteiger partial charge in [0.25, 0.3) is 5.69 Å². The predicted molar refractivity (Wildman–Crippen MR) is 125 cm³/mol. The van der Waals surface area contributed by atoms with Crippen LogP contribution in [0.15, 0.2) is 54.6 Å². The van der Waals surface area contributed by atoms with Gasteiger partial charge in [-0.15, -0.1) is 0 Å². The molecule has 0 saturated heterocycles. The Kier molecular flexibility index (Phi) is 7.76. The number of nitrogen functional groups attached to an aromatic ring is 1. The Morgan fingerprint density at radius 3 is 2.47 bits per heavy atom. The first-order valence-corrected chi connectivity index (χ1v) is 10.7. The van der Waals surface area contributed by atoms with Crippen molar-refractivity contribution in [1.82, 2.24) is 4.98 Å². The molecule has 0 spiro atoms. The zero-order valence-corrected chi connectivity index (χ0v) is 18.1. The second-order valence-corrected chi connectivity index (χ2v) is 7.49. The molecule has 164 valence electrons. The van der Waals surface area contributed by atoms with Crippen molar-refractivity contribution in [2.45, 2.75) is 39.0 Å². The summed E-state index contributed by atoms with van der Waals surface area (Å²) in [5.74, 6) is 0.786. The number of nitriles is 1. The maximum absolute atomic E-state index is 11.4. The highest BCUT2D eigenvalue weighted by molar-refractivity contribution is 5.82. The number of benzene rings is 2. The van der Waals surface area contributed by atoms with Gasteiger partial charge in [0.05, 0.1) is 22.8 Å². The number of nitro benzene ring substituents is 1. The van der Waals surface area contributed by atoms with Crippen LogP contribution in [0.5, 0.6) is 5.75 Å². The van der Waals surface area contributed by atoms with Gasteiger partial charge in [-0.1, -0.05) is 56.9 Å². The average Bonchev–Trinajstić information content (AvgIpc) is 2.81. The average molecular weight is 431 g/mol. The Hall–Kier alpha value is -3.92. The largest absolute Gasteiger partial charge is 0.494 e. The Bertz CT molecular complexity index is 1120. The molecule has 0 aliphatic carbocycles. The van der Waals surface area contributed by atoms with Crippen LogP contribution in [0.25, 0.3) is 22.4 Å². The van der Waals surface area contributed by atoms with Crippen molar-refractivity contribution < 1.29 is 9.66 Å². The number of anilines is 1. The van der Waals surface area contributed by atoms with Crippen molar-refractivity contribution in [3.8, 4) is 34.2 Å². The number of hydrogen-bond donors (Lipinski definition) is 1. The van der Waals surface area contributed by atoms with E-state index in [-0.39, 0.29) is 17.1 Å². The highest BCUT2D eigenvalue weighted by atomic mass is 16.6. The fraction of sp³-hybridized carbons (Fsp3) is 0.280. The molecule has 0 bridgehead atoms. The van der Waals surface area contributed by atoms with E-state index in [0.717, 1.165) is 24.2 Å². The Labute approximate surface area is 187 Å². The van der Waals surface area contributed by atoms with Gasteiger partial charge in [0.15, 0.2) is 0 Å². The molecule has 2 N–H and O–H groups in total. The lowest BCUT2D eigenvalue weighted by molar-refractivity contribution is -0.384. The summed E-state index contributed by atoms with van der Waals surface area (Å²) in [6, 6.07) is 17.5. The van der Waals surface area contributed by atoms with Gasteiger partial charge in [-0.3, -0.25) is 10.1 Å². The number of para-hydroxylation sites is 1. The molecule has 7 heteroatoms. The van der Waals surface area contributed by atoms with Crippen LogP contribution in [-0.2, 0) is 0 Å². The van der Waals surface area contributed by atoms with Crippen LogP contribution in [0.2, 0.25) is 0 Å². The molecule has 7 nitrogen and oxygen atoms in total. The normalized spacial score (nSPS) is 10.5. The number of unbranched alkanes of at least 4 members (excludes halogenated alkanes) is 4. The summed E-state index contributed by atoms with van der Waals surface area (Å²) >= 11 is 0. The molecule has 3 rings (SSSR count). The molecular weight excluding hydrogens is 404 g/mol. The molecule has 1 aromatic heterocycles. The van der Waals surface area contributed by atoms with Gasteiger partial charge in [-0.2, -0.15) is 5.26 Å². The number of pyridine rings is 1. The summed E-state index contributed by atoms with van der Waals surface area (Å²) < 4.78 is 5.82. The Balaban J connectivity index is 1.86. The first-order chi connectivity index (χ1) is 15.5. The third kappa shape index (κ3) is 5.41. The van der Waals surface area contributed by atoms with Gasteiger partial charge in [0.2, 0.25) is 0 Å². The minimum Gasteiger partial charge on any atom is -0.494 e. The lowest BCUT2D eigenvalue weighted by atomic mass is 9.98. The van der Waals surface area contributed by atoms with Crippen molar-refractivity contribution in [2.24, 2.45) is 0 Å². The van der Waals surface area contributed by atoms with Gasteiger partial charge in [0, 0.05) is 11.6 Å². The van der Waals surface area contributed by atoms with Crippen LogP contribution < -0.4 is 10.5 Å². The number of rotatable bonds is 10. The first kappa shape index (κ1) is 22.8. The van der Waals surface area contributed by atoms with E-state index in [1.807, 2.05) is 24.3 Å². The number of aromatic nitrogens is 1. The Morgan fingerprint density at radius 2 is 1.78 bits per heavy atom. The van der Waals surface area contributed by atoms with Crippen LogP contribution in [0.4, 0.5) is 11.5 Å². The summed E-state index contributed by atoms with van der Waals surface area (Å²) in [7, 11) is 0. The zero-order valence-electron chi connectivity index (χ0n) is 18.1. The van der Waals surface area contributed by atoms with E-state index in [4.69, 9.17) is 10.5 Å². The fourth-order valence-corrected chi connectivity index (χ4v) is 3.52. The van der Waals surface area contributed by atoms with Gasteiger partial charge < -0.3 is 10.5 Å². The van der Waals surface area contributed by atoms with Crippen molar-refractivity contribution in [3.63, 3.8) is 0 Å². The maximum Gasteiger partial charge on any atom is 0.278 e. The fourth-order valence-electron chi connectivity index (χ4n) is 3.52.